The van der Waals surface area contributed by atoms with E-state index in [9.17, 15) is 0 Å². The molecule has 23 heavy (non-hydrogen) atoms. The predicted molar refractivity (Wildman–Crippen MR) is 91.7 cm³/mol. The molecule has 0 aliphatic heterocycles. The van der Waals surface area contributed by atoms with Gasteiger partial charge in [-0.05, 0) is 38.8 Å². The van der Waals surface area contributed by atoms with Crippen LogP contribution in [0.1, 0.15) is 38.8 Å². The lowest BCUT2D eigenvalue weighted by Gasteiger charge is -2.35. The first-order valence-electron chi connectivity index (χ1n) is 7.92. The Morgan fingerprint density at radius 2 is 0.957 bits per heavy atom. The second-order valence-electron chi connectivity index (χ2n) is 6.45. The lowest BCUT2D eigenvalue weighted by Crippen LogP contribution is -2.40. The fourth-order valence-electron chi connectivity index (χ4n) is 2.31. The summed E-state index contributed by atoms with van der Waals surface area (Å²) in [5.74, 6) is -1.48. The van der Waals surface area contributed by atoms with Crippen LogP contribution in [-0.4, -0.2) is 11.6 Å². The predicted octanol–water partition coefficient (Wildman–Crippen LogP) is 4.91. The summed E-state index contributed by atoms with van der Waals surface area (Å²) in [5.41, 5.74) is 2.24. The molecule has 2 aromatic rings. The molecule has 0 saturated carbocycles. The molecule has 0 amide bonds. The molecule has 0 aromatic heterocycles. The summed E-state index contributed by atoms with van der Waals surface area (Å²) in [6.07, 6.45) is 0. The van der Waals surface area contributed by atoms with Crippen molar-refractivity contribution in [2.75, 3.05) is 0 Å². The van der Waals surface area contributed by atoms with Gasteiger partial charge in [0.25, 0.3) is 0 Å². The Hall–Kier alpha value is -1.68. The third kappa shape index (κ3) is 6.53. The number of ether oxygens (including phenoxy) is 3. The highest BCUT2D eigenvalue weighted by molar-refractivity contribution is 5.14. The zero-order valence-electron chi connectivity index (χ0n) is 14.4. The maximum Gasteiger partial charge on any atom is 0.166 e. The molecule has 0 radical (unpaired) electrons. The highest BCUT2D eigenvalue weighted by Crippen LogP contribution is 2.24. The SMILES string of the molecule is CC(C)(OCc1ccccc1)OC(C)(C)OCc1ccccc1. The molecule has 0 N–H and O–H groups in total. The summed E-state index contributed by atoms with van der Waals surface area (Å²) in [5, 5.41) is 0. The van der Waals surface area contributed by atoms with Crippen molar-refractivity contribution in [1.82, 2.24) is 0 Å². The minimum Gasteiger partial charge on any atom is -0.346 e. The molecular formula is C20H26O3. The van der Waals surface area contributed by atoms with Crippen molar-refractivity contribution < 1.29 is 14.2 Å². The van der Waals surface area contributed by atoms with Crippen LogP contribution in [0.4, 0.5) is 0 Å². The molecule has 0 fully saturated rings. The van der Waals surface area contributed by atoms with Crippen LogP contribution in [0.3, 0.4) is 0 Å². The topological polar surface area (TPSA) is 27.7 Å². The van der Waals surface area contributed by atoms with Crippen LogP contribution in [0.2, 0.25) is 0 Å². The van der Waals surface area contributed by atoms with Gasteiger partial charge in [-0.3, -0.25) is 0 Å². The average molecular weight is 314 g/mol. The van der Waals surface area contributed by atoms with Gasteiger partial charge in [0.1, 0.15) is 0 Å². The van der Waals surface area contributed by atoms with E-state index in [1.165, 1.54) is 0 Å². The van der Waals surface area contributed by atoms with Gasteiger partial charge in [-0.25, -0.2) is 0 Å². The molecule has 0 aliphatic carbocycles. The smallest absolute Gasteiger partial charge is 0.166 e. The number of hydrogen-bond acceptors (Lipinski definition) is 3. The molecule has 0 heterocycles. The van der Waals surface area contributed by atoms with E-state index in [2.05, 4.69) is 0 Å². The Bertz CT molecular complexity index is 523. The van der Waals surface area contributed by atoms with Gasteiger partial charge in [-0.15, -0.1) is 0 Å². The summed E-state index contributed by atoms with van der Waals surface area (Å²) in [6.45, 7) is 8.63. The first kappa shape index (κ1) is 17.7. The monoisotopic (exact) mass is 314 g/mol. The fourth-order valence-corrected chi connectivity index (χ4v) is 2.31. The number of benzene rings is 2. The van der Waals surface area contributed by atoms with Crippen LogP contribution in [0.25, 0.3) is 0 Å². The van der Waals surface area contributed by atoms with Gasteiger partial charge in [0.05, 0.1) is 13.2 Å². The average Bonchev–Trinajstić information content (AvgIpc) is 2.52. The fraction of sp³-hybridized carbons (Fsp3) is 0.400. The highest BCUT2D eigenvalue weighted by Gasteiger charge is 2.30. The summed E-state index contributed by atoms with van der Waals surface area (Å²) in [4.78, 5) is 0. The largest absolute Gasteiger partial charge is 0.346 e. The van der Waals surface area contributed by atoms with Crippen molar-refractivity contribution in [2.24, 2.45) is 0 Å². The van der Waals surface area contributed by atoms with E-state index in [0.717, 1.165) is 11.1 Å². The van der Waals surface area contributed by atoms with Crippen molar-refractivity contribution >= 4 is 0 Å². The van der Waals surface area contributed by atoms with E-state index in [-0.39, 0.29) is 0 Å². The molecule has 0 saturated heterocycles. The molecule has 0 aliphatic rings. The Balaban J connectivity index is 1.84. The zero-order valence-corrected chi connectivity index (χ0v) is 14.4. The third-order valence-corrected chi connectivity index (χ3v) is 3.35. The standard InChI is InChI=1S/C20H26O3/c1-19(2,21-15-17-11-7-5-8-12-17)23-20(3,4)22-16-18-13-9-6-10-14-18/h5-14H,15-16H2,1-4H3. The van der Waals surface area contributed by atoms with Gasteiger partial charge in [-0.2, -0.15) is 0 Å². The minimum atomic E-state index is -0.740. The zero-order chi connectivity index (χ0) is 16.8. The second-order valence-corrected chi connectivity index (χ2v) is 6.45. The van der Waals surface area contributed by atoms with Crippen molar-refractivity contribution in [1.29, 1.82) is 0 Å². The first-order valence-corrected chi connectivity index (χ1v) is 7.92. The third-order valence-electron chi connectivity index (χ3n) is 3.35. The van der Waals surface area contributed by atoms with Crippen LogP contribution in [0.5, 0.6) is 0 Å². The molecular weight excluding hydrogens is 288 g/mol. The maximum absolute atomic E-state index is 6.02. The molecule has 0 spiro atoms. The van der Waals surface area contributed by atoms with Crippen molar-refractivity contribution in [3.63, 3.8) is 0 Å². The lowest BCUT2D eigenvalue weighted by atomic mass is 10.2. The van der Waals surface area contributed by atoms with Crippen LogP contribution in [-0.2, 0) is 27.4 Å². The summed E-state index contributed by atoms with van der Waals surface area (Å²) < 4.78 is 17.8. The first-order chi connectivity index (χ1) is 10.9. The van der Waals surface area contributed by atoms with Crippen LogP contribution in [0.15, 0.2) is 60.7 Å². The molecule has 3 heteroatoms. The summed E-state index contributed by atoms with van der Waals surface area (Å²) in [6, 6.07) is 20.1. The number of hydrogen-bond donors (Lipinski definition) is 0. The van der Waals surface area contributed by atoms with Gasteiger partial charge in [0, 0.05) is 0 Å². The van der Waals surface area contributed by atoms with E-state index < -0.39 is 11.6 Å². The molecule has 0 bridgehead atoms. The maximum atomic E-state index is 6.02. The normalized spacial score (nSPS) is 12.3. The molecule has 0 unspecified atom stereocenters. The van der Waals surface area contributed by atoms with Gasteiger partial charge in [0.15, 0.2) is 11.6 Å². The van der Waals surface area contributed by atoms with Gasteiger partial charge >= 0.3 is 0 Å². The van der Waals surface area contributed by atoms with Gasteiger partial charge in [-0.1, -0.05) is 60.7 Å². The van der Waals surface area contributed by atoms with E-state index in [0.29, 0.717) is 13.2 Å². The Morgan fingerprint density at radius 1 is 0.609 bits per heavy atom. The van der Waals surface area contributed by atoms with E-state index in [4.69, 9.17) is 14.2 Å². The molecule has 2 rings (SSSR count). The summed E-state index contributed by atoms with van der Waals surface area (Å²) >= 11 is 0. The van der Waals surface area contributed by atoms with E-state index in [1.807, 2.05) is 88.4 Å². The second kappa shape index (κ2) is 7.73. The Morgan fingerprint density at radius 3 is 1.30 bits per heavy atom. The molecule has 0 atom stereocenters. The van der Waals surface area contributed by atoms with Gasteiger partial charge < -0.3 is 14.2 Å². The summed E-state index contributed by atoms with van der Waals surface area (Å²) in [7, 11) is 0. The van der Waals surface area contributed by atoms with Crippen LogP contribution in [0, 0.1) is 0 Å². The Kier molecular flexibility index (Phi) is 5.94. The van der Waals surface area contributed by atoms with Crippen LogP contribution >= 0.6 is 0 Å². The van der Waals surface area contributed by atoms with E-state index in [1.54, 1.807) is 0 Å². The molecule has 3 nitrogen and oxygen atoms in total. The van der Waals surface area contributed by atoms with E-state index >= 15 is 0 Å². The minimum absolute atomic E-state index is 0.503. The highest BCUT2D eigenvalue weighted by atomic mass is 16.8. The Labute approximate surface area is 139 Å². The van der Waals surface area contributed by atoms with Crippen molar-refractivity contribution in [2.45, 2.75) is 52.5 Å². The quantitative estimate of drug-likeness (QED) is 0.648. The lowest BCUT2D eigenvalue weighted by molar-refractivity contribution is -0.340. The molecule has 2 aromatic carbocycles. The van der Waals surface area contributed by atoms with Crippen LogP contribution < -0.4 is 0 Å². The number of rotatable bonds is 8. The van der Waals surface area contributed by atoms with Crippen molar-refractivity contribution in [3.05, 3.63) is 71.8 Å². The van der Waals surface area contributed by atoms with Crippen molar-refractivity contribution in [3.8, 4) is 0 Å². The molecule has 124 valence electrons. The van der Waals surface area contributed by atoms with Gasteiger partial charge in [0.2, 0.25) is 0 Å².